The minimum absolute atomic E-state index is 0.0310. The van der Waals surface area contributed by atoms with Crippen LogP contribution in [-0.4, -0.2) is 82.0 Å². The van der Waals surface area contributed by atoms with E-state index >= 15 is 0 Å². The number of hydrogen-bond acceptors (Lipinski definition) is 8. The summed E-state index contributed by atoms with van der Waals surface area (Å²) in [4.78, 5) is 22.2. The van der Waals surface area contributed by atoms with Crippen LogP contribution in [0.15, 0.2) is 52.3 Å². The Kier molecular flexibility index (Phi) is 7.51. The first kappa shape index (κ1) is 27.0. The third-order valence-electron chi connectivity index (χ3n) is 7.37. The number of rotatable bonds is 6. The Balaban J connectivity index is 1.24. The molecule has 0 aliphatic carbocycles. The zero-order chi connectivity index (χ0) is 27.1. The van der Waals surface area contributed by atoms with E-state index in [1.165, 1.54) is 17.6 Å². The van der Waals surface area contributed by atoms with Gasteiger partial charge in [-0.05, 0) is 61.7 Å². The van der Waals surface area contributed by atoms with Gasteiger partial charge in [0.05, 0.1) is 20.0 Å². The van der Waals surface area contributed by atoms with Gasteiger partial charge in [-0.15, -0.1) is 0 Å². The molecule has 1 aromatic heterocycles. The van der Waals surface area contributed by atoms with Crippen molar-refractivity contribution < 1.29 is 21.6 Å². The number of sulfonamides is 1. The van der Waals surface area contributed by atoms with Crippen molar-refractivity contribution in [2.24, 2.45) is 0 Å². The highest BCUT2D eigenvalue weighted by atomic mass is 32.2. The van der Waals surface area contributed by atoms with Crippen LogP contribution in [-0.2, 0) is 19.9 Å². The number of hydrogen-bond donors (Lipinski definition) is 0. The van der Waals surface area contributed by atoms with Crippen LogP contribution in [0, 0.1) is 0 Å². The molecule has 2 aliphatic heterocycles. The highest BCUT2D eigenvalue weighted by Crippen LogP contribution is 2.31. The molecule has 2 aromatic carbocycles. The van der Waals surface area contributed by atoms with Crippen molar-refractivity contribution in [1.82, 2.24) is 14.2 Å². The van der Waals surface area contributed by atoms with E-state index in [0.717, 1.165) is 41.0 Å². The van der Waals surface area contributed by atoms with E-state index in [-0.39, 0.29) is 21.7 Å². The second-order valence-corrected chi connectivity index (χ2v) is 14.8. The van der Waals surface area contributed by atoms with Gasteiger partial charge in [-0.2, -0.15) is 4.31 Å². The number of thiazole rings is 1. The molecule has 0 N–H and O–H groups in total. The molecule has 0 spiro atoms. The average molecular weight is 577 g/mol. The van der Waals surface area contributed by atoms with Crippen molar-refractivity contribution in [1.29, 1.82) is 0 Å². The molecular weight excluding hydrogens is 545 g/mol. The number of carbonyl (C=O) groups excluding carboxylic acids is 1. The number of fused-ring (bicyclic) bond motifs is 1. The standard InChI is InChI=1S/C26H32N4O5S3/c1-3-20-6-4-5-13-30(20)38(34,35)21-9-7-19(8-10-21)25(31)28-14-16-29(17-15-28)26-27-23-12-11-22(37(2,32)33)18-24(23)36-26/h7-12,18,20H,3-6,13-17H2,1-2H3. The fourth-order valence-corrected chi connectivity index (χ4v) is 8.69. The lowest BCUT2D eigenvalue weighted by Crippen LogP contribution is -2.48. The fourth-order valence-electron chi connectivity index (χ4n) is 5.15. The van der Waals surface area contributed by atoms with Gasteiger partial charge in [-0.3, -0.25) is 4.79 Å². The summed E-state index contributed by atoms with van der Waals surface area (Å²) >= 11 is 1.44. The number of nitrogens with zero attached hydrogens (tertiary/aromatic N) is 4. The van der Waals surface area contributed by atoms with Gasteiger partial charge in [-0.1, -0.05) is 24.7 Å². The zero-order valence-corrected chi connectivity index (χ0v) is 24.0. The topological polar surface area (TPSA) is 108 Å². The lowest BCUT2D eigenvalue weighted by atomic mass is 10.0. The summed E-state index contributed by atoms with van der Waals surface area (Å²) in [7, 11) is -6.88. The molecule has 5 rings (SSSR count). The van der Waals surface area contributed by atoms with Gasteiger partial charge in [0.2, 0.25) is 10.0 Å². The second kappa shape index (κ2) is 10.6. The molecule has 0 bridgehead atoms. The SMILES string of the molecule is CCC1CCCCN1S(=O)(=O)c1ccc(C(=O)N2CCN(c3nc4ccc(S(C)(=O)=O)cc4s3)CC2)cc1. The van der Waals surface area contributed by atoms with Crippen molar-refractivity contribution >= 4 is 52.5 Å². The fraction of sp³-hybridized carbons (Fsp3) is 0.462. The molecule has 0 radical (unpaired) electrons. The van der Waals surface area contributed by atoms with Gasteiger partial charge in [0.15, 0.2) is 15.0 Å². The normalized spacial score (nSPS) is 19.7. The molecule has 2 fully saturated rings. The zero-order valence-electron chi connectivity index (χ0n) is 21.5. The van der Waals surface area contributed by atoms with Crippen molar-refractivity contribution in [3.63, 3.8) is 0 Å². The van der Waals surface area contributed by atoms with E-state index in [9.17, 15) is 21.6 Å². The molecule has 3 heterocycles. The summed E-state index contributed by atoms with van der Waals surface area (Å²) in [6.45, 7) is 4.78. The van der Waals surface area contributed by atoms with Crippen LogP contribution < -0.4 is 4.90 Å². The lowest BCUT2D eigenvalue weighted by molar-refractivity contribution is 0.0746. The van der Waals surface area contributed by atoms with Crippen LogP contribution in [0.3, 0.4) is 0 Å². The molecular formula is C26H32N4O5S3. The molecule has 1 amide bonds. The molecule has 9 nitrogen and oxygen atoms in total. The van der Waals surface area contributed by atoms with Crippen LogP contribution in [0.2, 0.25) is 0 Å². The molecule has 1 atom stereocenters. The number of piperidine rings is 1. The maximum Gasteiger partial charge on any atom is 0.253 e. The molecule has 2 saturated heterocycles. The highest BCUT2D eigenvalue weighted by molar-refractivity contribution is 7.90. The minimum Gasteiger partial charge on any atom is -0.345 e. The van der Waals surface area contributed by atoms with E-state index in [0.29, 0.717) is 38.3 Å². The summed E-state index contributed by atoms with van der Waals surface area (Å²) < 4.78 is 52.6. The van der Waals surface area contributed by atoms with Crippen LogP contribution in [0.25, 0.3) is 10.2 Å². The number of anilines is 1. The van der Waals surface area contributed by atoms with Gasteiger partial charge in [-0.25, -0.2) is 21.8 Å². The maximum absolute atomic E-state index is 13.2. The van der Waals surface area contributed by atoms with Crippen LogP contribution in [0.5, 0.6) is 0 Å². The Morgan fingerprint density at radius 3 is 2.29 bits per heavy atom. The van der Waals surface area contributed by atoms with E-state index in [4.69, 9.17) is 0 Å². The summed E-state index contributed by atoms with van der Waals surface area (Å²) in [5.41, 5.74) is 1.22. The van der Waals surface area contributed by atoms with Gasteiger partial charge in [0.1, 0.15) is 0 Å². The first-order valence-corrected chi connectivity index (χ1v) is 17.0. The van der Waals surface area contributed by atoms with Crippen molar-refractivity contribution in [2.45, 2.75) is 48.4 Å². The number of benzene rings is 2. The summed E-state index contributed by atoms with van der Waals surface area (Å²) in [6.07, 6.45) is 4.79. The molecule has 12 heteroatoms. The monoisotopic (exact) mass is 576 g/mol. The predicted molar refractivity (Wildman–Crippen MR) is 149 cm³/mol. The second-order valence-electron chi connectivity index (χ2n) is 9.88. The van der Waals surface area contributed by atoms with Gasteiger partial charge in [0.25, 0.3) is 5.91 Å². The Labute approximate surface area is 228 Å². The predicted octanol–water partition coefficient (Wildman–Crippen LogP) is 3.62. The van der Waals surface area contributed by atoms with E-state index in [2.05, 4.69) is 9.88 Å². The van der Waals surface area contributed by atoms with E-state index < -0.39 is 19.9 Å². The molecule has 2 aliphatic rings. The molecule has 38 heavy (non-hydrogen) atoms. The quantitative estimate of drug-likeness (QED) is 0.441. The first-order chi connectivity index (χ1) is 18.1. The van der Waals surface area contributed by atoms with Gasteiger partial charge < -0.3 is 9.80 Å². The highest BCUT2D eigenvalue weighted by Gasteiger charge is 2.33. The number of amides is 1. The maximum atomic E-state index is 13.2. The summed E-state index contributed by atoms with van der Waals surface area (Å²) in [5, 5.41) is 0.801. The van der Waals surface area contributed by atoms with Crippen molar-refractivity contribution in [3.8, 4) is 0 Å². The number of aromatic nitrogens is 1. The largest absolute Gasteiger partial charge is 0.345 e. The van der Waals surface area contributed by atoms with Gasteiger partial charge >= 0.3 is 0 Å². The van der Waals surface area contributed by atoms with Crippen molar-refractivity contribution in [2.75, 3.05) is 43.9 Å². The Bertz CT molecular complexity index is 1540. The van der Waals surface area contributed by atoms with Crippen molar-refractivity contribution in [3.05, 3.63) is 48.0 Å². The Hall–Kier alpha value is -2.54. The van der Waals surface area contributed by atoms with Crippen LogP contribution in [0.1, 0.15) is 43.0 Å². The van der Waals surface area contributed by atoms with Crippen LogP contribution in [0.4, 0.5) is 5.13 Å². The molecule has 204 valence electrons. The minimum atomic E-state index is -3.59. The lowest BCUT2D eigenvalue weighted by Gasteiger charge is -2.35. The van der Waals surface area contributed by atoms with Gasteiger partial charge in [0, 0.05) is 50.6 Å². The summed E-state index contributed by atoms with van der Waals surface area (Å²) in [5.74, 6) is -0.125. The third kappa shape index (κ3) is 5.31. The number of piperazine rings is 1. The number of carbonyl (C=O) groups is 1. The Morgan fingerprint density at radius 2 is 1.63 bits per heavy atom. The Morgan fingerprint density at radius 1 is 0.947 bits per heavy atom. The smallest absolute Gasteiger partial charge is 0.253 e. The molecule has 1 unspecified atom stereocenters. The third-order valence-corrected chi connectivity index (χ3v) is 11.5. The molecule has 0 saturated carbocycles. The number of sulfone groups is 1. The first-order valence-electron chi connectivity index (χ1n) is 12.8. The van der Waals surface area contributed by atoms with Crippen LogP contribution >= 0.6 is 11.3 Å². The molecule has 3 aromatic rings. The van der Waals surface area contributed by atoms with E-state index in [1.807, 2.05) is 6.92 Å². The summed E-state index contributed by atoms with van der Waals surface area (Å²) in [6, 6.07) is 11.3. The average Bonchev–Trinajstić information content (AvgIpc) is 3.36. The van der Waals surface area contributed by atoms with E-state index in [1.54, 1.807) is 51.7 Å².